The summed E-state index contributed by atoms with van der Waals surface area (Å²) >= 11 is 11.4. The number of carbonyl (C=O) groups is 2. The molecule has 1 aromatic carbocycles. The first-order valence-electron chi connectivity index (χ1n) is 5.54. The second-order valence-electron chi connectivity index (χ2n) is 3.92. The van der Waals surface area contributed by atoms with E-state index in [0.717, 1.165) is 6.07 Å². The minimum atomic E-state index is -1.49. The van der Waals surface area contributed by atoms with Crippen LogP contribution < -0.4 is 5.32 Å². The van der Waals surface area contributed by atoms with Gasteiger partial charge in [-0.3, -0.25) is 4.79 Å². The number of aromatic nitrogens is 1. The molecule has 0 atom stereocenters. The van der Waals surface area contributed by atoms with E-state index in [2.05, 4.69) is 10.3 Å². The normalized spacial score (nSPS) is 10.2. The SMILES string of the molecule is O=C(Nc1cccc(F)c1C(=O)O)c1cnc(Cl)c(Cl)c1. The second kappa shape index (κ2) is 6.07. The number of carbonyl (C=O) groups excluding carboxylic acids is 1. The van der Waals surface area contributed by atoms with Gasteiger partial charge in [0.2, 0.25) is 0 Å². The second-order valence-corrected chi connectivity index (χ2v) is 4.68. The summed E-state index contributed by atoms with van der Waals surface area (Å²) in [5.74, 6) is -3.13. The van der Waals surface area contributed by atoms with Crippen molar-refractivity contribution in [2.45, 2.75) is 0 Å². The molecule has 8 heteroatoms. The van der Waals surface area contributed by atoms with Crippen molar-refractivity contribution < 1.29 is 19.1 Å². The van der Waals surface area contributed by atoms with Crippen molar-refractivity contribution >= 4 is 40.8 Å². The molecule has 1 aromatic heterocycles. The number of hydrogen-bond acceptors (Lipinski definition) is 3. The number of carboxylic acid groups (broad SMARTS) is 1. The minimum Gasteiger partial charge on any atom is -0.478 e. The molecule has 21 heavy (non-hydrogen) atoms. The number of nitrogens with one attached hydrogen (secondary N) is 1. The zero-order valence-electron chi connectivity index (χ0n) is 10.2. The molecule has 0 spiro atoms. The van der Waals surface area contributed by atoms with Gasteiger partial charge < -0.3 is 10.4 Å². The van der Waals surface area contributed by atoms with E-state index in [-0.39, 0.29) is 21.4 Å². The molecule has 1 heterocycles. The molecule has 1 amide bonds. The first-order chi connectivity index (χ1) is 9.90. The van der Waals surface area contributed by atoms with E-state index in [0.29, 0.717) is 0 Å². The molecular weight excluding hydrogens is 322 g/mol. The molecule has 5 nitrogen and oxygen atoms in total. The van der Waals surface area contributed by atoms with Crippen LogP contribution in [0.2, 0.25) is 10.2 Å². The lowest BCUT2D eigenvalue weighted by atomic mass is 10.1. The summed E-state index contributed by atoms with van der Waals surface area (Å²) in [7, 11) is 0. The maximum absolute atomic E-state index is 13.5. The summed E-state index contributed by atoms with van der Waals surface area (Å²) in [4.78, 5) is 26.7. The summed E-state index contributed by atoms with van der Waals surface area (Å²) in [5, 5.41) is 11.4. The summed E-state index contributed by atoms with van der Waals surface area (Å²) in [6.45, 7) is 0. The smallest absolute Gasteiger partial charge is 0.340 e. The fourth-order valence-corrected chi connectivity index (χ4v) is 1.86. The largest absolute Gasteiger partial charge is 0.478 e. The maximum Gasteiger partial charge on any atom is 0.340 e. The summed E-state index contributed by atoms with van der Waals surface area (Å²) in [6.07, 6.45) is 1.17. The zero-order chi connectivity index (χ0) is 15.6. The van der Waals surface area contributed by atoms with Crippen LogP contribution >= 0.6 is 23.2 Å². The maximum atomic E-state index is 13.5. The molecule has 108 valence electrons. The van der Waals surface area contributed by atoms with Crippen LogP contribution in [0.1, 0.15) is 20.7 Å². The average molecular weight is 329 g/mol. The lowest BCUT2D eigenvalue weighted by Crippen LogP contribution is -2.16. The molecule has 0 bridgehead atoms. The topological polar surface area (TPSA) is 79.3 Å². The number of anilines is 1. The number of pyridine rings is 1. The van der Waals surface area contributed by atoms with Crippen LogP contribution in [0, 0.1) is 5.82 Å². The predicted molar refractivity (Wildman–Crippen MR) is 75.6 cm³/mol. The van der Waals surface area contributed by atoms with Gasteiger partial charge in [0.1, 0.15) is 16.5 Å². The quantitative estimate of drug-likeness (QED) is 0.845. The van der Waals surface area contributed by atoms with Crippen LogP contribution in [0.4, 0.5) is 10.1 Å². The Balaban J connectivity index is 2.34. The standard InChI is InChI=1S/C13H7Cl2FN2O3/c14-7-4-6(5-17-11(7)15)12(19)18-9-3-1-2-8(16)10(9)13(20)21/h1-5H,(H,18,19)(H,20,21). The third-order valence-corrected chi connectivity index (χ3v) is 3.22. The number of nitrogens with zero attached hydrogens (tertiary/aromatic N) is 1. The molecule has 0 aliphatic heterocycles. The van der Waals surface area contributed by atoms with Crippen LogP contribution in [0.5, 0.6) is 0 Å². The van der Waals surface area contributed by atoms with E-state index in [1.807, 2.05) is 0 Å². The number of rotatable bonds is 3. The van der Waals surface area contributed by atoms with Crippen molar-refractivity contribution in [3.63, 3.8) is 0 Å². The minimum absolute atomic E-state index is 0.0326. The van der Waals surface area contributed by atoms with Gasteiger partial charge in [-0.25, -0.2) is 14.2 Å². The van der Waals surface area contributed by atoms with E-state index in [1.54, 1.807) is 0 Å². The van der Waals surface area contributed by atoms with Crippen LogP contribution in [0.3, 0.4) is 0 Å². The van der Waals surface area contributed by atoms with Crippen molar-refractivity contribution in [2.75, 3.05) is 5.32 Å². The van der Waals surface area contributed by atoms with Gasteiger partial charge >= 0.3 is 5.97 Å². The number of carboxylic acids is 1. The molecular formula is C13H7Cl2FN2O3. The fraction of sp³-hybridized carbons (Fsp3) is 0. The van der Waals surface area contributed by atoms with Crippen LogP contribution in [-0.4, -0.2) is 22.0 Å². The number of halogens is 3. The number of benzene rings is 1. The number of amides is 1. The zero-order valence-corrected chi connectivity index (χ0v) is 11.7. The molecule has 0 unspecified atom stereocenters. The summed E-state index contributed by atoms with van der Waals surface area (Å²) < 4.78 is 13.5. The molecule has 2 N–H and O–H groups in total. The lowest BCUT2D eigenvalue weighted by Gasteiger charge is -2.09. The highest BCUT2D eigenvalue weighted by Gasteiger charge is 2.18. The van der Waals surface area contributed by atoms with Crippen molar-refractivity contribution in [3.05, 3.63) is 57.6 Å². The van der Waals surface area contributed by atoms with Gasteiger partial charge in [-0.1, -0.05) is 29.3 Å². The van der Waals surface area contributed by atoms with E-state index in [4.69, 9.17) is 28.3 Å². The molecule has 0 aliphatic rings. The number of hydrogen-bond donors (Lipinski definition) is 2. The Kier molecular flexibility index (Phi) is 4.40. The molecule has 0 fully saturated rings. The van der Waals surface area contributed by atoms with Gasteiger partial charge in [0.15, 0.2) is 0 Å². The average Bonchev–Trinajstić information content (AvgIpc) is 2.41. The highest BCUT2D eigenvalue weighted by atomic mass is 35.5. The highest BCUT2D eigenvalue weighted by Crippen LogP contribution is 2.22. The Morgan fingerprint density at radius 1 is 1.29 bits per heavy atom. The molecule has 0 aliphatic carbocycles. The van der Waals surface area contributed by atoms with Gasteiger partial charge in [-0.15, -0.1) is 0 Å². The molecule has 2 rings (SSSR count). The van der Waals surface area contributed by atoms with E-state index in [1.165, 1.54) is 24.4 Å². The Morgan fingerprint density at radius 2 is 2.00 bits per heavy atom. The first kappa shape index (κ1) is 15.2. The monoisotopic (exact) mass is 328 g/mol. The van der Waals surface area contributed by atoms with Crippen molar-refractivity contribution in [1.29, 1.82) is 0 Å². The highest BCUT2D eigenvalue weighted by molar-refractivity contribution is 6.41. The summed E-state index contributed by atoms with van der Waals surface area (Å²) in [5.41, 5.74) is -0.734. The van der Waals surface area contributed by atoms with Gasteiger partial charge in [0.05, 0.1) is 16.3 Å². The van der Waals surface area contributed by atoms with E-state index >= 15 is 0 Å². The Morgan fingerprint density at radius 3 is 2.62 bits per heavy atom. The van der Waals surface area contributed by atoms with Crippen LogP contribution in [0.15, 0.2) is 30.5 Å². The molecule has 0 saturated carbocycles. The van der Waals surface area contributed by atoms with Crippen LogP contribution in [-0.2, 0) is 0 Å². The molecule has 2 aromatic rings. The lowest BCUT2D eigenvalue weighted by molar-refractivity contribution is 0.0693. The third-order valence-electron chi connectivity index (χ3n) is 2.53. The third kappa shape index (κ3) is 3.29. The van der Waals surface area contributed by atoms with Gasteiger partial charge in [0.25, 0.3) is 5.91 Å². The van der Waals surface area contributed by atoms with Gasteiger partial charge in [-0.2, -0.15) is 0 Å². The Labute approximate surface area is 128 Å². The van der Waals surface area contributed by atoms with E-state index in [9.17, 15) is 14.0 Å². The predicted octanol–water partition coefficient (Wildman–Crippen LogP) is 3.48. The summed E-state index contributed by atoms with van der Waals surface area (Å²) in [6, 6.07) is 4.81. The van der Waals surface area contributed by atoms with Crippen LogP contribution in [0.25, 0.3) is 0 Å². The first-order valence-corrected chi connectivity index (χ1v) is 6.30. The van der Waals surface area contributed by atoms with Crippen molar-refractivity contribution in [3.8, 4) is 0 Å². The van der Waals surface area contributed by atoms with Gasteiger partial charge in [-0.05, 0) is 18.2 Å². The van der Waals surface area contributed by atoms with Crippen molar-refractivity contribution in [1.82, 2.24) is 4.98 Å². The Hall–Kier alpha value is -2.18. The number of aromatic carboxylic acids is 1. The van der Waals surface area contributed by atoms with Gasteiger partial charge in [0, 0.05) is 6.20 Å². The van der Waals surface area contributed by atoms with E-state index < -0.39 is 23.3 Å². The fourth-order valence-electron chi connectivity index (χ4n) is 1.59. The Bertz CT molecular complexity index is 737. The molecule has 0 saturated heterocycles. The van der Waals surface area contributed by atoms with Crippen molar-refractivity contribution in [2.24, 2.45) is 0 Å². The molecule has 0 radical (unpaired) electrons.